The van der Waals surface area contributed by atoms with Crippen molar-refractivity contribution in [2.75, 3.05) is 39.8 Å². The third-order valence-corrected chi connectivity index (χ3v) is 6.96. The Morgan fingerprint density at radius 2 is 1.83 bits per heavy atom. The van der Waals surface area contributed by atoms with Gasteiger partial charge in [0.05, 0.1) is 12.2 Å². The van der Waals surface area contributed by atoms with Crippen molar-refractivity contribution < 1.29 is 18.7 Å². The number of carbonyl (C=O) groups excluding carboxylic acids is 2. The van der Waals surface area contributed by atoms with E-state index in [1.54, 1.807) is 17.0 Å². The molecule has 30 heavy (non-hydrogen) atoms. The van der Waals surface area contributed by atoms with E-state index in [0.717, 1.165) is 32.4 Å². The smallest absolute Gasteiger partial charge is 0.259 e. The minimum Gasteiger partial charge on any atom is -0.353 e. The van der Waals surface area contributed by atoms with Gasteiger partial charge in [-0.3, -0.25) is 14.5 Å². The molecule has 1 aliphatic carbocycles. The normalized spacial score (nSPS) is 30.5. The summed E-state index contributed by atoms with van der Waals surface area (Å²) in [4.78, 5) is 32.7. The average Bonchev–Trinajstić information content (AvgIpc) is 2.96. The number of amides is 2. The van der Waals surface area contributed by atoms with Gasteiger partial charge in [-0.05, 0) is 63.7 Å². The number of likely N-dealkylation sites (N-methyl/N-ethyl adjacent to an activating group) is 1. The van der Waals surface area contributed by atoms with Gasteiger partial charge in [-0.1, -0.05) is 19.1 Å². The van der Waals surface area contributed by atoms with Crippen LogP contribution >= 0.6 is 0 Å². The van der Waals surface area contributed by atoms with Gasteiger partial charge in [-0.25, -0.2) is 4.39 Å². The van der Waals surface area contributed by atoms with E-state index in [-0.39, 0.29) is 18.1 Å². The topological polar surface area (TPSA) is 53.1 Å². The highest BCUT2D eigenvalue weighted by Gasteiger charge is 2.54. The second-order valence-electron chi connectivity index (χ2n) is 9.09. The predicted octanol–water partition coefficient (Wildman–Crippen LogP) is 2.74. The van der Waals surface area contributed by atoms with Gasteiger partial charge in [0.2, 0.25) is 5.91 Å². The van der Waals surface area contributed by atoms with Crippen molar-refractivity contribution in [1.82, 2.24) is 14.7 Å². The highest BCUT2D eigenvalue weighted by atomic mass is 19.1. The molecule has 1 saturated carbocycles. The second-order valence-corrected chi connectivity index (χ2v) is 9.09. The summed E-state index contributed by atoms with van der Waals surface area (Å²) >= 11 is 0. The van der Waals surface area contributed by atoms with Crippen LogP contribution in [0.1, 0.15) is 49.4 Å². The molecule has 1 spiro atoms. The average molecular weight is 418 g/mol. The number of benzene rings is 1. The van der Waals surface area contributed by atoms with Crippen LogP contribution in [0.25, 0.3) is 0 Å². The molecule has 2 aliphatic heterocycles. The maximum atomic E-state index is 14.5. The van der Waals surface area contributed by atoms with Crippen molar-refractivity contribution in [3.63, 3.8) is 0 Å². The first-order valence-electron chi connectivity index (χ1n) is 11.1. The number of hydrogen-bond donors (Lipinski definition) is 0. The third-order valence-electron chi connectivity index (χ3n) is 6.96. The number of rotatable bonds is 2. The van der Waals surface area contributed by atoms with Crippen molar-refractivity contribution in [3.8, 4) is 0 Å². The highest BCUT2D eigenvalue weighted by Crippen LogP contribution is 2.43. The summed E-state index contributed by atoms with van der Waals surface area (Å²) in [6.07, 6.45) is 4.12. The molecule has 1 atom stereocenters. The van der Waals surface area contributed by atoms with Gasteiger partial charge >= 0.3 is 0 Å². The van der Waals surface area contributed by atoms with E-state index in [9.17, 15) is 14.0 Å². The van der Waals surface area contributed by atoms with Crippen molar-refractivity contribution in [2.24, 2.45) is 5.92 Å². The van der Waals surface area contributed by atoms with Gasteiger partial charge in [0.15, 0.2) is 0 Å². The van der Waals surface area contributed by atoms with Crippen LogP contribution in [-0.4, -0.2) is 78.1 Å². The predicted molar refractivity (Wildman–Crippen MR) is 111 cm³/mol. The van der Waals surface area contributed by atoms with Gasteiger partial charge in [0, 0.05) is 19.6 Å². The summed E-state index contributed by atoms with van der Waals surface area (Å²) in [5.74, 6) is -0.521. The summed E-state index contributed by atoms with van der Waals surface area (Å²) in [5.41, 5.74) is -0.802. The van der Waals surface area contributed by atoms with Gasteiger partial charge < -0.3 is 14.5 Å². The zero-order valence-electron chi connectivity index (χ0n) is 18.0. The summed E-state index contributed by atoms with van der Waals surface area (Å²) in [5, 5.41) is 0. The molecule has 0 bridgehead atoms. The summed E-state index contributed by atoms with van der Waals surface area (Å²) in [6, 6.07) is 5.32. The van der Waals surface area contributed by atoms with Crippen molar-refractivity contribution in [1.29, 1.82) is 0 Å². The molecule has 0 aromatic heterocycles. The molecule has 6 nitrogen and oxygen atoms in total. The SMILES string of the molecule is CC1CCC2(CC1)OC[C@H](C(=O)N1CCCN(C)CC1)N2C(=O)c1ccccc1F. The number of carbonyl (C=O) groups is 2. The highest BCUT2D eigenvalue weighted by molar-refractivity contribution is 5.98. The lowest BCUT2D eigenvalue weighted by Gasteiger charge is -2.43. The Kier molecular flexibility index (Phi) is 6.11. The lowest BCUT2D eigenvalue weighted by Crippen LogP contribution is -2.57. The lowest BCUT2D eigenvalue weighted by molar-refractivity contribution is -0.137. The zero-order valence-corrected chi connectivity index (χ0v) is 18.0. The Bertz CT molecular complexity index is 794. The first-order chi connectivity index (χ1) is 14.4. The van der Waals surface area contributed by atoms with Crippen LogP contribution in [0, 0.1) is 11.7 Å². The Labute approximate surface area is 177 Å². The molecule has 4 rings (SSSR count). The molecule has 3 aliphatic rings. The molecule has 0 N–H and O–H groups in total. The monoisotopic (exact) mass is 417 g/mol. The van der Waals surface area contributed by atoms with E-state index in [2.05, 4.69) is 18.9 Å². The molecule has 7 heteroatoms. The quantitative estimate of drug-likeness (QED) is 0.743. The van der Waals surface area contributed by atoms with Gasteiger partial charge in [0.1, 0.15) is 17.6 Å². The van der Waals surface area contributed by atoms with E-state index in [4.69, 9.17) is 4.74 Å². The fourth-order valence-electron chi connectivity index (χ4n) is 5.01. The molecule has 0 radical (unpaired) electrons. The largest absolute Gasteiger partial charge is 0.353 e. The van der Waals surface area contributed by atoms with Crippen molar-refractivity contribution >= 4 is 11.8 Å². The maximum Gasteiger partial charge on any atom is 0.259 e. The molecule has 1 aromatic rings. The van der Waals surface area contributed by atoms with Crippen LogP contribution in [0.4, 0.5) is 4.39 Å². The minimum absolute atomic E-state index is 0.00870. The van der Waals surface area contributed by atoms with Crippen LogP contribution in [0.5, 0.6) is 0 Å². The first kappa shape index (κ1) is 21.2. The van der Waals surface area contributed by atoms with Crippen LogP contribution in [0.15, 0.2) is 24.3 Å². The van der Waals surface area contributed by atoms with E-state index in [1.807, 2.05) is 4.90 Å². The summed E-state index contributed by atoms with van der Waals surface area (Å²) < 4.78 is 20.7. The standard InChI is InChI=1S/C23H32FN3O3/c1-17-8-10-23(11-9-17)27(21(28)18-6-3-4-7-19(18)24)20(16-30-23)22(29)26-13-5-12-25(2)14-15-26/h3-4,6-7,17,20H,5,8-16H2,1-2H3/t17?,20-,23?/m1/s1. The molecule has 164 valence electrons. The molecule has 2 saturated heterocycles. The Morgan fingerprint density at radius 1 is 1.10 bits per heavy atom. The lowest BCUT2D eigenvalue weighted by atomic mass is 9.83. The molecule has 1 aromatic carbocycles. The summed E-state index contributed by atoms with van der Waals surface area (Å²) in [6.45, 7) is 5.44. The number of halogens is 1. The molecular formula is C23H32FN3O3. The Morgan fingerprint density at radius 3 is 2.57 bits per heavy atom. The second kappa shape index (κ2) is 8.63. The van der Waals surface area contributed by atoms with Crippen LogP contribution < -0.4 is 0 Å². The van der Waals surface area contributed by atoms with Gasteiger partial charge in [-0.15, -0.1) is 0 Å². The van der Waals surface area contributed by atoms with Gasteiger partial charge in [0.25, 0.3) is 5.91 Å². The number of ether oxygens (including phenoxy) is 1. The van der Waals surface area contributed by atoms with Gasteiger partial charge in [-0.2, -0.15) is 0 Å². The zero-order chi connectivity index (χ0) is 21.3. The molecular weight excluding hydrogens is 385 g/mol. The fourth-order valence-corrected chi connectivity index (χ4v) is 5.01. The number of hydrogen-bond acceptors (Lipinski definition) is 4. The summed E-state index contributed by atoms with van der Waals surface area (Å²) in [7, 11) is 2.05. The molecule has 2 heterocycles. The fraction of sp³-hybridized carbons (Fsp3) is 0.652. The maximum absolute atomic E-state index is 14.5. The Balaban J connectivity index is 1.64. The van der Waals surface area contributed by atoms with Crippen LogP contribution in [0.3, 0.4) is 0 Å². The molecule has 2 amide bonds. The number of nitrogens with zero attached hydrogens (tertiary/aromatic N) is 3. The van der Waals surface area contributed by atoms with Crippen molar-refractivity contribution in [2.45, 2.75) is 50.8 Å². The Hall–Kier alpha value is -1.99. The van der Waals surface area contributed by atoms with E-state index in [1.165, 1.54) is 12.1 Å². The first-order valence-corrected chi connectivity index (χ1v) is 11.1. The molecule has 0 unspecified atom stereocenters. The minimum atomic E-state index is -0.811. The van der Waals surface area contributed by atoms with Crippen molar-refractivity contribution in [3.05, 3.63) is 35.6 Å². The molecule has 3 fully saturated rings. The van der Waals surface area contributed by atoms with Crippen LogP contribution in [0.2, 0.25) is 0 Å². The van der Waals surface area contributed by atoms with E-state index in [0.29, 0.717) is 31.8 Å². The third kappa shape index (κ3) is 3.97. The van der Waals surface area contributed by atoms with Crippen LogP contribution in [-0.2, 0) is 9.53 Å². The van der Waals surface area contributed by atoms with E-state index < -0.39 is 23.5 Å². The van der Waals surface area contributed by atoms with E-state index >= 15 is 0 Å².